The number of amides is 1. The zero-order valence-corrected chi connectivity index (χ0v) is 16.6. The number of carbonyl (C=O) groups excluding carboxylic acids is 1. The molecule has 0 spiro atoms. The molecule has 2 aliphatic carbocycles. The van der Waals surface area contributed by atoms with E-state index in [9.17, 15) is 4.79 Å². The van der Waals surface area contributed by atoms with Crippen LogP contribution >= 0.6 is 35.8 Å². The van der Waals surface area contributed by atoms with Gasteiger partial charge in [0, 0.05) is 27.6 Å². The summed E-state index contributed by atoms with van der Waals surface area (Å²) in [4.78, 5) is 14.2. The van der Waals surface area contributed by atoms with Crippen LogP contribution in [0, 0.1) is 17.8 Å². The Morgan fingerprint density at radius 3 is 2.64 bits per heavy atom. The predicted octanol–water partition coefficient (Wildman–Crippen LogP) is 4.57. The highest BCUT2D eigenvalue weighted by molar-refractivity contribution is 7.99. The lowest BCUT2D eigenvalue weighted by molar-refractivity contribution is -0.128. The summed E-state index contributed by atoms with van der Waals surface area (Å²) >= 11 is 8.02. The Hall–Kier alpha value is -0.420. The Balaban J connectivity index is 0.00000182. The summed E-state index contributed by atoms with van der Waals surface area (Å²) in [6, 6.07) is 6.43. The van der Waals surface area contributed by atoms with Crippen molar-refractivity contribution in [3.8, 4) is 0 Å². The average molecular weight is 401 g/mol. The third-order valence-electron chi connectivity index (χ3n) is 6.11. The van der Waals surface area contributed by atoms with Crippen molar-refractivity contribution in [2.75, 3.05) is 5.75 Å². The van der Waals surface area contributed by atoms with Gasteiger partial charge in [-0.1, -0.05) is 18.0 Å². The molecule has 1 amide bonds. The molecule has 3 N–H and O–H groups in total. The average Bonchev–Trinajstić information content (AvgIpc) is 2.55. The largest absolute Gasteiger partial charge is 0.349 e. The first-order valence-electron chi connectivity index (χ1n) is 9.10. The van der Waals surface area contributed by atoms with Crippen LogP contribution in [0.5, 0.6) is 0 Å². The van der Waals surface area contributed by atoms with Gasteiger partial charge in [-0.05, 0) is 67.7 Å². The minimum absolute atomic E-state index is 0. The van der Waals surface area contributed by atoms with Gasteiger partial charge in [0.2, 0.25) is 5.91 Å². The number of thioether (sulfide) groups is 1. The van der Waals surface area contributed by atoms with E-state index >= 15 is 0 Å². The fourth-order valence-electron chi connectivity index (χ4n) is 4.81. The summed E-state index contributed by atoms with van der Waals surface area (Å²) < 4.78 is 0. The Morgan fingerprint density at radius 1 is 1.20 bits per heavy atom. The zero-order valence-electron chi connectivity index (χ0n) is 14.2. The highest BCUT2D eigenvalue weighted by atomic mass is 35.5. The number of halogens is 2. The minimum atomic E-state index is 0. The van der Waals surface area contributed by atoms with E-state index < -0.39 is 0 Å². The molecule has 1 aliphatic heterocycles. The lowest BCUT2D eigenvalue weighted by atomic mass is 9.65. The topological polar surface area (TPSA) is 55.1 Å². The molecule has 3 nitrogen and oxygen atoms in total. The van der Waals surface area contributed by atoms with Crippen LogP contribution in [0.25, 0.3) is 0 Å². The molecule has 0 saturated heterocycles. The summed E-state index contributed by atoms with van der Waals surface area (Å²) in [5.41, 5.74) is 7.54. The highest BCUT2D eigenvalue weighted by Gasteiger charge is 2.41. The fourth-order valence-corrected chi connectivity index (χ4v) is 6.09. The first-order chi connectivity index (χ1) is 11.6. The van der Waals surface area contributed by atoms with Gasteiger partial charge in [-0.3, -0.25) is 4.79 Å². The maximum atomic E-state index is 12.9. The molecule has 2 saturated carbocycles. The summed E-state index contributed by atoms with van der Waals surface area (Å²) in [7, 11) is 0. The maximum Gasteiger partial charge on any atom is 0.223 e. The second-order valence-corrected chi connectivity index (χ2v) is 9.15. The van der Waals surface area contributed by atoms with E-state index in [0.717, 1.165) is 30.0 Å². The number of nitrogens with two attached hydrogens (primary N) is 1. The Labute approximate surface area is 165 Å². The van der Waals surface area contributed by atoms with Gasteiger partial charge in [-0.15, -0.1) is 24.2 Å². The Morgan fingerprint density at radius 2 is 1.92 bits per heavy atom. The van der Waals surface area contributed by atoms with Crippen molar-refractivity contribution in [1.82, 2.24) is 5.32 Å². The normalized spacial score (nSPS) is 33.8. The Kier molecular flexibility index (Phi) is 6.25. The SMILES string of the molecule is Cl.NC1C2CCCC1CC(C(=O)NC1CCSc3ccc(Cl)cc31)C2. The molecule has 25 heavy (non-hydrogen) atoms. The lowest BCUT2D eigenvalue weighted by Crippen LogP contribution is -2.49. The van der Waals surface area contributed by atoms with Crippen molar-refractivity contribution < 1.29 is 4.79 Å². The molecule has 1 heterocycles. The molecule has 1 aromatic rings. The molecule has 3 unspecified atom stereocenters. The summed E-state index contributed by atoms with van der Waals surface area (Å²) in [5.74, 6) is 2.48. The number of hydrogen-bond acceptors (Lipinski definition) is 3. The maximum absolute atomic E-state index is 12.9. The molecular weight excluding hydrogens is 375 g/mol. The summed E-state index contributed by atoms with van der Waals surface area (Å²) in [5, 5.41) is 4.07. The summed E-state index contributed by atoms with van der Waals surface area (Å²) in [6.07, 6.45) is 6.58. The number of fused-ring (bicyclic) bond motifs is 3. The van der Waals surface area contributed by atoms with Gasteiger partial charge >= 0.3 is 0 Å². The molecular formula is C19H26Cl2N2OS. The zero-order chi connectivity index (χ0) is 16.7. The monoisotopic (exact) mass is 400 g/mol. The third-order valence-corrected chi connectivity index (χ3v) is 7.47. The first kappa shape index (κ1) is 19.3. The Bertz CT molecular complexity index is 628. The van der Waals surface area contributed by atoms with Crippen molar-refractivity contribution in [2.45, 2.75) is 55.5 Å². The molecule has 138 valence electrons. The van der Waals surface area contributed by atoms with E-state index in [4.69, 9.17) is 17.3 Å². The van der Waals surface area contributed by atoms with Crippen molar-refractivity contribution in [3.63, 3.8) is 0 Å². The molecule has 1 aromatic carbocycles. The van der Waals surface area contributed by atoms with Gasteiger partial charge in [0.15, 0.2) is 0 Å². The van der Waals surface area contributed by atoms with Gasteiger partial charge in [-0.25, -0.2) is 0 Å². The smallest absolute Gasteiger partial charge is 0.223 e. The van der Waals surface area contributed by atoms with Crippen molar-refractivity contribution in [2.24, 2.45) is 23.5 Å². The van der Waals surface area contributed by atoms with E-state index in [-0.39, 0.29) is 30.3 Å². The number of nitrogens with one attached hydrogen (secondary N) is 1. The number of benzene rings is 1. The third kappa shape index (κ3) is 3.97. The van der Waals surface area contributed by atoms with Crippen molar-refractivity contribution >= 4 is 41.7 Å². The van der Waals surface area contributed by atoms with Crippen LogP contribution in [0.4, 0.5) is 0 Å². The first-order valence-corrected chi connectivity index (χ1v) is 10.5. The second kappa shape index (κ2) is 8.08. The predicted molar refractivity (Wildman–Crippen MR) is 106 cm³/mol. The van der Waals surface area contributed by atoms with E-state index in [1.54, 1.807) is 0 Å². The lowest BCUT2D eigenvalue weighted by Gasteiger charge is -2.43. The number of carbonyl (C=O) groups is 1. The quantitative estimate of drug-likeness (QED) is 0.764. The molecule has 3 aliphatic rings. The molecule has 6 heteroatoms. The van der Waals surface area contributed by atoms with Crippen LogP contribution < -0.4 is 11.1 Å². The van der Waals surface area contributed by atoms with Crippen LogP contribution in [0.15, 0.2) is 23.1 Å². The van der Waals surface area contributed by atoms with Gasteiger partial charge in [0.1, 0.15) is 0 Å². The van der Waals surface area contributed by atoms with E-state index in [1.165, 1.54) is 29.7 Å². The van der Waals surface area contributed by atoms with Gasteiger partial charge in [-0.2, -0.15) is 0 Å². The van der Waals surface area contributed by atoms with Gasteiger partial charge in [0.05, 0.1) is 6.04 Å². The van der Waals surface area contributed by atoms with Crippen LogP contribution in [-0.2, 0) is 4.79 Å². The molecule has 0 radical (unpaired) electrons. The molecule has 2 fully saturated rings. The highest BCUT2D eigenvalue weighted by Crippen LogP contribution is 2.43. The number of rotatable bonds is 2. The van der Waals surface area contributed by atoms with E-state index in [0.29, 0.717) is 17.9 Å². The second-order valence-electron chi connectivity index (χ2n) is 7.58. The van der Waals surface area contributed by atoms with Crippen LogP contribution in [0.1, 0.15) is 50.1 Å². The fraction of sp³-hybridized carbons (Fsp3) is 0.632. The molecule has 3 atom stereocenters. The summed E-state index contributed by atoms with van der Waals surface area (Å²) in [6.45, 7) is 0. The van der Waals surface area contributed by atoms with E-state index in [2.05, 4.69) is 11.4 Å². The standard InChI is InChI=1S/C19H25ClN2OS.ClH/c20-14-4-5-17-15(10-14)16(6-7-24-17)22-19(23)13-8-11-2-1-3-12(9-13)18(11)21;/h4-5,10-13,16,18H,1-3,6-9,21H2,(H,22,23);1H. The van der Waals surface area contributed by atoms with Crippen LogP contribution in [0.3, 0.4) is 0 Å². The van der Waals surface area contributed by atoms with Crippen LogP contribution in [-0.4, -0.2) is 17.7 Å². The van der Waals surface area contributed by atoms with Gasteiger partial charge in [0.25, 0.3) is 0 Å². The number of hydrogen-bond donors (Lipinski definition) is 2. The van der Waals surface area contributed by atoms with Crippen molar-refractivity contribution in [1.29, 1.82) is 0 Å². The van der Waals surface area contributed by atoms with E-state index in [1.807, 2.05) is 23.9 Å². The van der Waals surface area contributed by atoms with Crippen molar-refractivity contribution in [3.05, 3.63) is 28.8 Å². The molecule has 2 bridgehead atoms. The van der Waals surface area contributed by atoms with Gasteiger partial charge < -0.3 is 11.1 Å². The minimum Gasteiger partial charge on any atom is -0.349 e. The molecule has 0 aromatic heterocycles. The van der Waals surface area contributed by atoms with Crippen LogP contribution in [0.2, 0.25) is 5.02 Å². The molecule has 4 rings (SSSR count).